The average Bonchev–Trinajstić information content (AvgIpc) is 2.66. The van der Waals surface area contributed by atoms with Gasteiger partial charge in [0.2, 0.25) is 0 Å². The fourth-order valence-corrected chi connectivity index (χ4v) is 1.64. The van der Waals surface area contributed by atoms with Gasteiger partial charge in [-0.05, 0) is 33.4 Å². The molecule has 0 saturated carbocycles. The zero-order valence-electron chi connectivity index (χ0n) is 9.52. The summed E-state index contributed by atoms with van der Waals surface area (Å²) in [7, 11) is 1.99. The van der Waals surface area contributed by atoms with Crippen molar-refractivity contribution in [2.24, 2.45) is 0 Å². The highest BCUT2D eigenvalue weighted by molar-refractivity contribution is 5.57. The minimum Gasteiger partial charge on any atom is -0.302 e. The van der Waals surface area contributed by atoms with Gasteiger partial charge in [0.25, 0.3) is 0 Å². The van der Waals surface area contributed by atoms with Crippen LogP contribution in [0.1, 0.15) is 18.4 Å². The highest BCUT2D eigenvalue weighted by Crippen LogP contribution is 2.11. The maximum absolute atomic E-state index is 10.2. The van der Waals surface area contributed by atoms with Crippen LogP contribution in [0.4, 0.5) is 0 Å². The summed E-state index contributed by atoms with van der Waals surface area (Å²) in [6.45, 7) is 3.17. The van der Waals surface area contributed by atoms with Crippen molar-refractivity contribution in [3.63, 3.8) is 0 Å². The number of carbonyl (C=O) groups is 1. The molecule has 1 aromatic carbocycles. The van der Waals surface area contributed by atoms with Gasteiger partial charge >= 0.3 is 0 Å². The number of likely N-dealkylation sites (tertiary alicyclic amines) is 1. The first-order chi connectivity index (χ1) is 7.24. The monoisotopic (exact) mass is 205 g/mol. The fourth-order valence-electron chi connectivity index (χ4n) is 1.64. The number of aryl methyl sites for hydroxylation is 1. The molecule has 0 N–H and O–H groups in total. The van der Waals surface area contributed by atoms with Crippen LogP contribution in [0.15, 0.2) is 30.3 Å². The van der Waals surface area contributed by atoms with Crippen LogP contribution >= 0.6 is 0 Å². The molecule has 2 rings (SSSR count). The van der Waals surface area contributed by atoms with Crippen LogP contribution in [0.5, 0.6) is 0 Å². The average molecular weight is 205 g/mol. The molecule has 0 amide bonds. The molecule has 0 radical (unpaired) electrons. The van der Waals surface area contributed by atoms with Crippen LogP contribution in [0.3, 0.4) is 0 Å². The fraction of sp³-hybridized carbons (Fsp3) is 0.462. The maximum atomic E-state index is 10.2. The molecule has 0 aliphatic carbocycles. The first-order valence-electron chi connectivity index (χ1n) is 5.41. The number of hydrogen-bond donors (Lipinski definition) is 0. The van der Waals surface area contributed by atoms with Crippen LogP contribution in [0.25, 0.3) is 0 Å². The lowest BCUT2D eigenvalue weighted by Gasteiger charge is -2.10. The van der Waals surface area contributed by atoms with Gasteiger partial charge in [0.1, 0.15) is 6.29 Å². The standard InChI is InChI=1S/C7H8.C6H11NO/c1-7-5-3-2-4-6-7;1-7-4-2-3-6(7)5-8/h2-6H,1H3;5-6H,2-4H2,1H3/t;6-/m.0/s1. The third-order valence-electron chi connectivity index (χ3n) is 2.67. The Morgan fingerprint density at radius 2 is 2.00 bits per heavy atom. The molecule has 0 unspecified atom stereocenters. The van der Waals surface area contributed by atoms with Crippen LogP contribution in [0, 0.1) is 6.92 Å². The van der Waals surface area contributed by atoms with Gasteiger partial charge < -0.3 is 4.79 Å². The van der Waals surface area contributed by atoms with Gasteiger partial charge in [0.15, 0.2) is 0 Å². The van der Waals surface area contributed by atoms with E-state index in [0.717, 1.165) is 19.3 Å². The van der Waals surface area contributed by atoms with Gasteiger partial charge in [-0.2, -0.15) is 0 Å². The molecule has 1 atom stereocenters. The first-order valence-corrected chi connectivity index (χ1v) is 5.41. The maximum Gasteiger partial charge on any atom is 0.137 e. The predicted molar refractivity (Wildman–Crippen MR) is 62.9 cm³/mol. The molecule has 1 aliphatic rings. The molecule has 0 spiro atoms. The Balaban J connectivity index is 0.000000151. The quantitative estimate of drug-likeness (QED) is 0.655. The molecule has 0 aromatic heterocycles. The third-order valence-corrected chi connectivity index (χ3v) is 2.67. The molecule has 1 fully saturated rings. The highest BCUT2D eigenvalue weighted by atomic mass is 16.1. The normalized spacial score (nSPS) is 20.5. The van der Waals surface area contributed by atoms with E-state index in [0.29, 0.717) is 0 Å². The lowest BCUT2D eigenvalue weighted by atomic mass is 10.2. The molecule has 1 saturated heterocycles. The molecular formula is C13H19NO. The largest absolute Gasteiger partial charge is 0.302 e. The minimum absolute atomic E-state index is 0.218. The summed E-state index contributed by atoms with van der Waals surface area (Å²) >= 11 is 0. The van der Waals surface area contributed by atoms with Crippen molar-refractivity contribution in [3.05, 3.63) is 35.9 Å². The van der Waals surface area contributed by atoms with Gasteiger partial charge in [-0.1, -0.05) is 35.9 Å². The van der Waals surface area contributed by atoms with E-state index >= 15 is 0 Å². The van der Waals surface area contributed by atoms with E-state index in [1.54, 1.807) is 0 Å². The summed E-state index contributed by atoms with van der Waals surface area (Å²) < 4.78 is 0. The number of aldehydes is 1. The lowest BCUT2D eigenvalue weighted by Crippen LogP contribution is -2.25. The summed E-state index contributed by atoms with van der Waals surface area (Å²) in [4.78, 5) is 12.3. The Morgan fingerprint density at radius 3 is 2.27 bits per heavy atom. The van der Waals surface area contributed by atoms with E-state index in [9.17, 15) is 4.79 Å². The van der Waals surface area contributed by atoms with E-state index in [2.05, 4.69) is 24.0 Å². The van der Waals surface area contributed by atoms with Crippen molar-refractivity contribution in [1.29, 1.82) is 0 Å². The second-order valence-electron chi connectivity index (χ2n) is 3.98. The van der Waals surface area contributed by atoms with Crippen molar-refractivity contribution in [2.75, 3.05) is 13.6 Å². The Kier molecular flexibility index (Phi) is 5.05. The molecule has 15 heavy (non-hydrogen) atoms. The van der Waals surface area contributed by atoms with E-state index in [-0.39, 0.29) is 6.04 Å². The molecule has 82 valence electrons. The summed E-state index contributed by atoms with van der Waals surface area (Å²) in [5, 5.41) is 0. The molecular weight excluding hydrogens is 186 g/mol. The molecule has 2 nitrogen and oxygen atoms in total. The van der Waals surface area contributed by atoms with Gasteiger partial charge in [-0.25, -0.2) is 0 Å². The molecule has 2 heteroatoms. The topological polar surface area (TPSA) is 20.3 Å². The van der Waals surface area contributed by atoms with E-state index in [1.165, 1.54) is 12.0 Å². The Labute approximate surface area is 91.9 Å². The van der Waals surface area contributed by atoms with Crippen LogP contribution in [0.2, 0.25) is 0 Å². The summed E-state index contributed by atoms with van der Waals surface area (Å²) in [6.07, 6.45) is 3.27. The Bertz CT molecular complexity index is 284. The highest BCUT2D eigenvalue weighted by Gasteiger charge is 2.18. The number of benzene rings is 1. The number of likely N-dealkylation sites (N-methyl/N-ethyl adjacent to an activating group) is 1. The second-order valence-corrected chi connectivity index (χ2v) is 3.98. The number of carbonyl (C=O) groups excluding carboxylic acids is 1. The van der Waals surface area contributed by atoms with Crippen LogP contribution < -0.4 is 0 Å². The van der Waals surface area contributed by atoms with Crippen molar-refractivity contribution >= 4 is 6.29 Å². The molecule has 1 aliphatic heterocycles. The van der Waals surface area contributed by atoms with E-state index in [1.807, 2.05) is 25.2 Å². The Morgan fingerprint density at radius 1 is 1.33 bits per heavy atom. The zero-order valence-corrected chi connectivity index (χ0v) is 9.52. The summed E-state index contributed by atoms with van der Waals surface area (Å²) in [5.74, 6) is 0. The Hall–Kier alpha value is -1.15. The lowest BCUT2D eigenvalue weighted by molar-refractivity contribution is -0.111. The van der Waals surface area contributed by atoms with Crippen molar-refractivity contribution in [2.45, 2.75) is 25.8 Å². The van der Waals surface area contributed by atoms with Gasteiger partial charge in [0, 0.05) is 0 Å². The van der Waals surface area contributed by atoms with E-state index < -0.39 is 0 Å². The molecule has 0 bridgehead atoms. The smallest absolute Gasteiger partial charge is 0.137 e. The molecule has 1 heterocycles. The van der Waals surface area contributed by atoms with Crippen LogP contribution in [-0.2, 0) is 4.79 Å². The van der Waals surface area contributed by atoms with Crippen molar-refractivity contribution < 1.29 is 4.79 Å². The minimum atomic E-state index is 0.218. The number of rotatable bonds is 1. The van der Waals surface area contributed by atoms with E-state index in [4.69, 9.17) is 0 Å². The second kappa shape index (κ2) is 6.36. The zero-order chi connectivity index (χ0) is 11.1. The van der Waals surface area contributed by atoms with Crippen LogP contribution in [-0.4, -0.2) is 30.8 Å². The predicted octanol–water partition coefficient (Wildman–Crippen LogP) is 2.27. The van der Waals surface area contributed by atoms with Gasteiger partial charge in [-0.15, -0.1) is 0 Å². The SMILES string of the molecule is CN1CCC[C@H]1C=O.Cc1ccccc1. The first kappa shape index (κ1) is 11.9. The third kappa shape index (κ3) is 4.26. The van der Waals surface area contributed by atoms with Gasteiger partial charge in [0.05, 0.1) is 6.04 Å². The van der Waals surface area contributed by atoms with Crippen molar-refractivity contribution in [1.82, 2.24) is 4.90 Å². The number of nitrogens with zero attached hydrogens (tertiary/aromatic N) is 1. The van der Waals surface area contributed by atoms with Gasteiger partial charge in [-0.3, -0.25) is 4.90 Å². The van der Waals surface area contributed by atoms with Crippen molar-refractivity contribution in [3.8, 4) is 0 Å². The summed E-state index contributed by atoms with van der Waals surface area (Å²) in [5.41, 5.74) is 1.32. The molecule has 1 aromatic rings. The number of hydrogen-bond acceptors (Lipinski definition) is 2. The summed E-state index contributed by atoms with van der Waals surface area (Å²) in [6, 6.07) is 10.5.